The van der Waals surface area contributed by atoms with Crippen LogP contribution in [-0.4, -0.2) is 40.2 Å². The van der Waals surface area contributed by atoms with Crippen molar-refractivity contribution in [1.29, 1.82) is 0 Å². The molecule has 1 aromatic heterocycles. The van der Waals surface area contributed by atoms with Gasteiger partial charge in [-0.2, -0.15) is 5.10 Å². The monoisotopic (exact) mass is 431 g/mol. The number of rotatable bonds is 8. The highest BCUT2D eigenvalue weighted by Crippen LogP contribution is 2.24. The molecular weight excluding hydrogens is 398 g/mol. The molecule has 1 aliphatic rings. The van der Waals surface area contributed by atoms with Crippen LogP contribution in [0.4, 0.5) is 5.69 Å². The minimum atomic E-state index is -0.101. The maximum absolute atomic E-state index is 12.9. The molecule has 2 heterocycles. The molecule has 3 aromatic rings. The molecule has 6 heteroatoms. The molecule has 0 aliphatic carbocycles. The van der Waals surface area contributed by atoms with Crippen molar-refractivity contribution in [3.63, 3.8) is 0 Å². The number of aromatic nitrogens is 2. The lowest BCUT2D eigenvalue weighted by Crippen LogP contribution is -2.32. The Morgan fingerprint density at radius 1 is 1.03 bits per heavy atom. The third-order valence-corrected chi connectivity index (χ3v) is 6.30. The largest absolute Gasteiger partial charge is 0.372 e. The number of nitrogens with zero attached hydrogens (tertiary/aromatic N) is 4. The van der Waals surface area contributed by atoms with Crippen LogP contribution in [0.25, 0.3) is 0 Å². The second-order valence-corrected chi connectivity index (χ2v) is 8.37. The van der Waals surface area contributed by atoms with Crippen LogP contribution < -0.4 is 10.2 Å². The van der Waals surface area contributed by atoms with Gasteiger partial charge in [0.2, 0.25) is 0 Å². The summed E-state index contributed by atoms with van der Waals surface area (Å²) < 4.78 is 1.88. The number of nitrogens with one attached hydrogen (secondary N) is 1. The molecule has 1 aliphatic heterocycles. The van der Waals surface area contributed by atoms with Gasteiger partial charge in [0.1, 0.15) is 0 Å². The molecule has 1 N–H and O–H groups in total. The fraction of sp³-hybridized carbons (Fsp3) is 0.385. The minimum Gasteiger partial charge on any atom is -0.372 e. The summed E-state index contributed by atoms with van der Waals surface area (Å²) in [6.07, 6.45) is 0.905. The number of fused-ring (bicyclic) bond motifs is 1. The van der Waals surface area contributed by atoms with Crippen molar-refractivity contribution < 1.29 is 4.79 Å². The van der Waals surface area contributed by atoms with Gasteiger partial charge in [-0.05, 0) is 37.1 Å². The van der Waals surface area contributed by atoms with E-state index in [1.54, 1.807) is 0 Å². The van der Waals surface area contributed by atoms with Gasteiger partial charge in [0.15, 0.2) is 5.69 Å². The van der Waals surface area contributed by atoms with Crippen LogP contribution in [0.1, 0.15) is 46.7 Å². The molecule has 4 rings (SSSR count). The van der Waals surface area contributed by atoms with Gasteiger partial charge in [0.25, 0.3) is 5.91 Å². The average Bonchev–Trinajstić information content (AvgIpc) is 3.16. The van der Waals surface area contributed by atoms with Crippen molar-refractivity contribution in [2.75, 3.05) is 24.5 Å². The van der Waals surface area contributed by atoms with Gasteiger partial charge in [-0.3, -0.25) is 14.4 Å². The predicted molar refractivity (Wildman–Crippen MR) is 129 cm³/mol. The fourth-order valence-electron chi connectivity index (χ4n) is 4.49. The zero-order valence-corrected chi connectivity index (χ0v) is 19.3. The number of aryl methyl sites for hydroxylation is 1. The highest BCUT2D eigenvalue weighted by molar-refractivity contribution is 5.94. The van der Waals surface area contributed by atoms with E-state index in [4.69, 9.17) is 0 Å². The second-order valence-electron chi connectivity index (χ2n) is 8.37. The van der Waals surface area contributed by atoms with E-state index in [1.165, 1.54) is 16.9 Å². The molecule has 0 saturated heterocycles. The van der Waals surface area contributed by atoms with Crippen molar-refractivity contribution in [1.82, 2.24) is 20.0 Å². The van der Waals surface area contributed by atoms with E-state index < -0.39 is 0 Å². The number of hydrogen-bond donors (Lipinski definition) is 1. The Bertz CT molecular complexity index is 1040. The van der Waals surface area contributed by atoms with Gasteiger partial charge in [0, 0.05) is 69.7 Å². The number of carbonyl (C=O) groups is 1. The molecule has 168 valence electrons. The molecule has 0 spiro atoms. The first-order chi connectivity index (χ1) is 15.6. The standard InChI is InChI=1S/C26H33N5O/c1-4-31(5-2)22-13-11-21(12-14-22)18-30-16-15-24-23(19-30)25(28-29(24)3)26(32)27-17-20-9-7-6-8-10-20/h6-14H,4-5,15-19H2,1-3H3,(H,27,32). The highest BCUT2D eigenvalue weighted by atomic mass is 16.1. The van der Waals surface area contributed by atoms with E-state index in [1.807, 2.05) is 42.1 Å². The Hall–Kier alpha value is -3.12. The Balaban J connectivity index is 1.43. The van der Waals surface area contributed by atoms with Gasteiger partial charge < -0.3 is 10.2 Å². The van der Waals surface area contributed by atoms with E-state index in [2.05, 4.69) is 58.3 Å². The molecule has 2 aromatic carbocycles. The summed E-state index contributed by atoms with van der Waals surface area (Å²) in [5.74, 6) is -0.101. The van der Waals surface area contributed by atoms with Gasteiger partial charge in [0.05, 0.1) is 0 Å². The Labute approximate surface area is 190 Å². The lowest BCUT2D eigenvalue weighted by molar-refractivity contribution is 0.0943. The fourth-order valence-corrected chi connectivity index (χ4v) is 4.49. The van der Waals surface area contributed by atoms with Crippen LogP contribution in [0, 0.1) is 0 Å². The van der Waals surface area contributed by atoms with E-state index in [9.17, 15) is 4.79 Å². The molecule has 1 amide bonds. The zero-order chi connectivity index (χ0) is 22.5. The summed E-state index contributed by atoms with van der Waals surface area (Å²) >= 11 is 0. The molecule has 0 saturated carbocycles. The van der Waals surface area contributed by atoms with Gasteiger partial charge >= 0.3 is 0 Å². The van der Waals surface area contributed by atoms with E-state index >= 15 is 0 Å². The maximum Gasteiger partial charge on any atom is 0.272 e. The Kier molecular flexibility index (Phi) is 6.90. The lowest BCUT2D eigenvalue weighted by Gasteiger charge is -2.28. The SMILES string of the molecule is CCN(CC)c1ccc(CN2CCc3c(c(C(=O)NCc4ccccc4)nn3C)C2)cc1. The molecule has 0 radical (unpaired) electrons. The Morgan fingerprint density at radius 3 is 2.44 bits per heavy atom. The first-order valence-electron chi connectivity index (χ1n) is 11.5. The summed E-state index contributed by atoms with van der Waals surface area (Å²) in [6, 6.07) is 18.8. The van der Waals surface area contributed by atoms with Crippen molar-refractivity contribution in [2.45, 2.75) is 39.9 Å². The molecule has 32 heavy (non-hydrogen) atoms. The lowest BCUT2D eigenvalue weighted by atomic mass is 10.0. The van der Waals surface area contributed by atoms with Crippen LogP contribution in [0.15, 0.2) is 54.6 Å². The van der Waals surface area contributed by atoms with E-state index in [-0.39, 0.29) is 5.91 Å². The van der Waals surface area contributed by atoms with Gasteiger partial charge in [-0.15, -0.1) is 0 Å². The zero-order valence-electron chi connectivity index (χ0n) is 19.3. The minimum absolute atomic E-state index is 0.101. The maximum atomic E-state index is 12.9. The third-order valence-electron chi connectivity index (χ3n) is 6.30. The number of hydrogen-bond acceptors (Lipinski definition) is 4. The molecule has 0 fully saturated rings. The van der Waals surface area contributed by atoms with Gasteiger partial charge in [-0.25, -0.2) is 0 Å². The van der Waals surface area contributed by atoms with Crippen molar-refractivity contribution in [3.8, 4) is 0 Å². The number of carbonyl (C=O) groups excluding carboxylic acids is 1. The highest BCUT2D eigenvalue weighted by Gasteiger charge is 2.27. The van der Waals surface area contributed by atoms with Crippen LogP contribution in [0.5, 0.6) is 0 Å². The number of anilines is 1. The van der Waals surface area contributed by atoms with Crippen LogP contribution in [0.3, 0.4) is 0 Å². The normalized spacial score (nSPS) is 13.6. The molecular formula is C26H33N5O. The van der Waals surface area contributed by atoms with E-state index in [0.29, 0.717) is 12.2 Å². The van der Waals surface area contributed by atoms with Crippen LogP contribution >= 0.6 is 0 Å². The van der Waals surface area contributed by atoms with Gasteiger partial charge in [-0.1, -0.05) is 42.5 Å². The third kappa shape index (κ3) is 4.86. The molecule has 0 unspecified atom stereocenters. The Morgan fingerprint density at radius 2 is 1.75 bits per heavy atom. The molecule has 0 bridgehead atoms. The van der Waals surface area contributed by atoms with Crippen molar-refractivity contribution in [2.24, 2.45) is 7.05 Å². The summed E-state index contributed by atoms with van der Waals surface area (Å²) in [4.78, 5) is 17.7. The summed E-state index contributed by atoms with van der Waals surface area (Å²) in [7, 11) is 1.94. The molecule has 0 atom stereocenters. The first kappa shape index (κ1) is 22.1. The summed E-state index contributed by atoms with van der Waals surface area (Å²) in [6.45, 7) is 9.49. The topological polar surface area (TPSA) is 53.4 Å². The molecule has 6 nitrogen and oxygen atoms in total. The summed E-state index contributed by atoms with van der Waals surface area (Å²) in [5, 5.41) is 7.60. The van der Waals surface area contributed by atoms with Crippen molar-refractivity contribution >= 4 is 11.6 Å². The van der Waals surface area contributed by atoms with Crippen molar-refractivity contribution in [3.05, 3.63) is 82.7 Å². The van der Waals surface area contributed by atoms with Crippen LogP contribution in [-0.2, 0) is 33.1 Å². The predicted octanol–water partition coefficient (Wildman–Crippen LogP) is 3.75. The van der Waals surface area contributed by atoms with Crippen LogP contribution in [0.2, 0.25) is 0 Å². The number of benzene rings is 2. The smallest absolute Gasteiger partial charge is 0.272 e. The first-order valence-corrected chi connectivity index (χ1v) is 11.5. The van der Waals surface area contributed by atoms with E-state index in [0.717, 1.165) is 50.3 Å². The second kappa shape index (κ2) is 10.0. The summed E-state index contributed by atoms with van der Waals surface area (Å²) in [5.41, 5.74) is 6.43. The average molecular weight is 432 g/mol. The number of amides is 1. The quantitative estimate of drug-likeness (QED) is 0.590.